The molecule has 8 heteroatoms. The van der Waals surface area contributed by atoms with Crippen molar-refractivity contribution >= 4 is 35.3 Å². The zero-order chi connectivity index (χ0) is 21.5. The van der Waals surface area contributed by atoms with Gasteiger partial charge in [-0.1, -0.05) is 47.5 Å². The molecule has 1 N–H and O–H groups in total. The molecule has 3 rings (SSSR count). The Morgan fingerprint density at radius 2 is 1.67 bits per heavy atom. The first kappa shape index (κ1) is 21.7. The van der Waals surface area contributed by atoms with Crippen LogP contribution in [0.2, 0.25) is 10.0 Å². The molecule has 30 heavy (non-hydrogen) atoms. The van der Waals surface area contributed by atoms with E-state index in [2.05, 4.69) is 10.5 Å². The van der Waals surface area contributed by atoms with Gasteiger partial charge in [-0.25, -0.2) is 14.2 Å². The largest absolute Gasteiger partial charge is 0.486 e. The molecule has 0 unspecified atom stereocenters. The van der Waals surface area contributed by atoms with E-state index in [1.165, 1.54) is 42.6 Å². The molecule has 0 radical (unpaired) electrons. The van der Waals surface area contributed by atoms with Crippen molar-refractivity contribution in [1.82, 2.24) is 5.43 Å². The van der Waals surface area contributed by atoms with Gasteiger partial charge in [0.05, 0.1) is 22.7 Å². The maximum Gasteiger partial charge on any atom is 0.244 e. The standard InChI is InChI=1S/C22H16Cl2F2N2O2/c23-19-9-16(12-27-28-21(29)11-14-4-6-17(25)7-5-14)10-20(24)22(19)30-13-15-2-1-3-18(26)8-15/h1-10,12H,11,13H2,(H,28,29)/b27-12+. The van der Waals surface area contributed by atoms with Gasteiger partial charge in [-0.15, -0.1) is 0 Å². The van der Waals surface area contributed by atoms with E-state index in [1.807, 2.05) is 0 Å². The Labute approximate surface area is 182 Å². The molecule has 3 aromatic rings. The van der Waals surface area contributed by atoms with Gasteiger partial charge in [-0.2, -0.15) is 5.10 Å². The Bertz CT molecular complexity index is 1050. The summed E-state index contributed by atoms with van der Waals surface area (Å²) in [7, 11) is 0. The van der Waals surface area contributed by atoms with Crippen LogP contribution in [-0.2, 0) is 17.8 Å². The molecule has 0 heterocycles. The Balaban J connectivity index is 1.58. The number of benzene rings is 3. The number of rotatable bonds is 7. The first-order valence-electron chi connectivity index (χ1n) is 8.83. The number of halogens is 4. The molecule has 0 aliphatic heterocycles. The highest BCUT2D eigenvalue weighted by Gasteiger charge is 2.10. The number of ether oxygens (including phenoxy) is 1. The van der Waals surface area contributed by atoms with E-state index in [9.17, 15) is 13.6 Å². The third-order valence-electron chi connectivity index (χ3n) is 3.97. The number of hydrogen-bond donors (Lipinski definition) is 1. The molecule has 4 nitrogen and oxygen atoms in total. The highest BCUT2D eigenvalue weighted by Crippen LogP contribution is 2.34. The topological polar surface area (TPSA) is 50.7 Å². The van der Waals surface area contributed by atoms with Crippen molar-refractivity contribution in [3.05, 3.63) is 99.0 Å². The van der Waals surface area contributed by atoms with Gasteiger partial charge in [0.15, 0.2) is 5.75 Å². The first-order valence-corrected chi connectivity index (χ1v) is 9.59. The summed E-state index contributed by atoms with van der Waals surface area (Å²) in [5, 5.41) is 4.37. The molecule has 0 aromatic heterocycles. The van der Waals surface area contributed by atoms with E-state index in [4.69, 9.17) is 27.9 Å². The van der Waals surface area contributed by atoms with E-state index in [0.717, 1.165) is 0 Å². The molecule has 0 spiro atoms. The Morgan fingerprint density at radius 1 is 0.967 bits per heavy atom. The van der Waals surface area contributed by atoms with Crippen LogP contribution in [0, 0.1) is 11.6 Å². The minimum atomic E-state index is -0.366. The zero-order valence-electron chi connectivity index (χ0n) is 15.5. The summed E-state index contributed by atoms with van der Waals surface area (Å²) < 4.78 is 31.7. The van der Waals surface area contributed by atoms with Crippen molar-refractivity contribution in [3.8, 4) is 5.75 Å². The van der Waals surface area contributed by atoms with E-state index in [-0.39, 0.29) is 46.4 Å². The molecular weight excluding hydrogens is 433 g/mol. The monoisotopic (exact) mass is 448 g/mol. The molecular formula is C22H16Cl2F2N2O2. The summed E-state index contributed by atoms with van der Waals surface area (Å²) in [5.74, 6) is -0.819. The predicted octanol–water partition coefficient (Wildman–Crippen LogP) is 5.54. The summed E-state index contributed by atoms with van der Waals surface area (Å²) in [6.45, 7) is 0.101. The van der Waals surface area contributed by atoms with Crippen LogP contribution in [-0.4, -0.2) is 12.1 Å². The second kappa shape index (κ2) is 10.2. The van der Waals surface area contributed by atoms with Gasteiger partial charge >= 0.3 is 0 Å². The number of hydrazone groups is 1. The van der Waals surface area contributed by atoms with Crippen molar-refractivity contribution in [3.63, 3.8) is 0 Å². The van der Waals surface area contributed by atoms with Crippen LogP contribution in [0.5, 0.6) is 5.75 Å². The average molecular weight is 449 g/mol. The minimum Gasteiger partial charge on any atom is -0.486 e. The summed E-state index contributed by atoms with van der Waals surface area (Å²) in [5.41, 5.74) is 4.23. The van der Waals surface area contributed by atoms with Gasteiger partial charge in [-0.3, -0.25) is 4.79 Å². The summed E-state index contributed by atoms with van der Waals surface area (Å²) in [6, 6.07) is 14.8. The second-order valence-electron chi connectivity index (χ2n) is 6.33. The lowest BCUT2D eigenvalue weighted by Crippen LogP contribution is -2.19. The van der Waals surface area contributed by atoms with E-state index >= 15 is 0 Å². The number of carbonyl (C=O) groups is 1. The molecule has 0 atom stereocenters. The van der Waals surface area contributed by atoms with Gasteiger partial charge in [0.1, 0.15) is 18.2 Å². The lowest BCUT2D eigenvalue weighted by atomic mass is 10.1. The van der Waals surface area contributed by atoms with E-state index in [1.54, 1.807) is 24.3 Å². The molecule has 0 bridgehead atoms. The third-order valence-corrected chi connectivity index (χ3v) is 4.54. The lowest BCUT2D eigenvalue weighted by molar-refractivity contribution is -0.120. The van der Waals surface area contributed by atoms with Gasteiger partial charge in [-0.05, 0) is 53.1 Å². The first-order chi connectivity index (χ1) is 14.4. The van der Waals surface area contributed by atoms with Crippen molar-refractivity contribution < 1.29 is 18.3 Å². The van der Waals surface area contributed by atoms with Crippen LogP contribution < -0.4 is 10.2 Å². The van der Waals surface area contributed by atoms with Crippen LogP contribution >= 0.6 is 23.2 Å². The molecule has 0 saturated heterocycles. The molecule has 0 fully saturated rings. The fraction of sp³-hybridized carbons (Fsp3) is 0.0909. The minimum absolute atomic E-state index is 0.0615. The molecule has 0 aliphatic carbocycles. The van der Waals surface area contributed by atoms with Crippen molar-refractivity contribution in [2.45, 2.75) is 13.0 Å². The van der Waals surface area contributed by atoms with E-state index < -0.39 is 0 Å². The van der Waals surface area contributed by atoms with Gasteiger partial charge in [0.2, 0.25) is 5.91 Å². The Hall–Kier alpha value is -2.96. The van der Waals surface area contributed by atoms with Crippen molar-refractivity contribution in [2.75, 3.05) is 0 Å². The molecule has 154 valence electrons. The van der Waals surface area contributed by atoms with Gasteiger partial charge in [0, 0.05) is 0 Å². The smallest absolute Gasteiger partial charge is 0.244 e. The maximum atomic E-state index is 13.3. The Morgan fingerprint density at radius 3 is 2.33 bits per heavy atom. The normalized spacial score (nSPS) is 10.9. The van der Waals surface area contributed by atoms with Crippen LogP contribution in [0.3, 0.4) is 0 Å². The molecule has 0 saturated carbocycles. The molecule has 3 aromatic carbocycles. The fourth-order valence-corrected chi connectivity index (χ4v) is 3.19. The van der Waals surface area contributed by atoms with Gasteiger partial charge in [0.25, 0.3) is 0 Å². The van der Waals surface area contributed by atoms with Crippen molar-refractivity contribution in [2.24, 2.45) is 5.10 Å². The zero-order valence-corrected chi connectivity index (χ0v) is 17.1. The SMILES string of the molecule is O=C(Cc1ccc(F)cc1)N/N=C/c1cc(Cl)c(OCc2cccc(F)c2)c(Cl)c1. The highest BCUT2D eigenvalue weighted by atomic mass is 35.5. The predicted molar refractivity (Wildman–Crippen MR) is 113 cm³/mol. The van der Waals surface area contributed by atoms with Gasteiger partial charge < -0.3 is 4.74 Å². The number of hydrogen-bond acceptors (Lipinski definition) is 3. The molecule has 1 amide bonds. The summed E-state index contributed by atoms with van der Waals surface area (Å²) >= 11 is 12.5. The summed E-state index contributed by atoms with van der Waals surface area (Å²) in [4.78, 5) is 11.9. The Kier molecular flexibility index (Phi) is 7.38. The number of amides is 1. The fourth-order valence-electron chi connectivity index (χ4n) is 2.58. The van der Waals surface area contributed by atoms with Crippen molar-refractivity contribution in [1.29, 1.82) is 0 Å². The van der Waals surface area contributed by atoms with Crippen LogP contribution in [0.1, 0.15) is 16.7 Å². The van der Waals surface area contributed by atoms with E-state index in [0.29, 0.717) is 16.7 Å². The van der Waals surface area contributed by atoms with Crippen LogP contribution in [0.4, 0.5) is 8.78 Å². The number of carbonyl (C=O) groups excluding carboxylic acids is 1. The second-order valence-corrected chi connectivity index (χ2v) is 7.14. The van der Waals surface area contributed by atoms with Crippen LogP contribution in [0.25, 0.3) is 0 Å². The lowest BCUT2D eigenvalue weighted by Gasteiger charge is -2.11. The average Bonchev–Trinajstić information content (AvgIpc) is 2.69. The number of nitrogens with one attached hydrogen (secondary N) is 1. The number of nitrogens with zero attached hydrogens (tertiary/aromatic N) is 1. The highest BCUT2D eigenvalue weighted by molar-refractivity contribution is 6.37. The molecule has 0 aliphatic rings. The maximum absolute atomic E-state index is 13.3. The van der Waals surface area contributed by atoms with Crippen LogP contribution in [0.15, 0.2) is 65.8 Å². The third kappa shape index (κ3) is 6.27. The summed E-state index contributed by atoms with van der Waals surface area (Å²) in [6.07, 6.45) is 1.45. The quantitative estimate of drug-likeness (QED) is 0.380.